The van der Waals surface area contributed by atoms with E-state index in [0.717, 1.165) is 5.69 Å². The Hall–Kier alpha value is -2.34. The van der Waals surface area contributed by atoms with Gasteiger partial charge < -0.3 is 10.6 Å². The smallest absolute Gasteiger partial charge is 0.251 e. The van der Waals surface area contributed by atoms with Crippen molar-refractivity contribution in [2.75, 3.05) is 16.8 Å². The second kappa shape index (κ2) is 6.42. The molecule has 1 fully saturated rings. The van der Waals surface area contributed by atoms with Crippen molar-refractivity contribution in [3.05, 3.63) is 66.2 Å². The standard InChI is InChI=1S/C17H18N2O3S/c20-17(13-7-3-1-4-8-13)19-16-12-23(21,22)11-15(16)18-14-9-5-2-6-10-14/h1-10,15-16,18H,11-12H2,(H,19,20). The van der Waals surface area contributed by atoms with Gasteiger partial charge in [-0.05, 0) is 24.3 Å². The number of benzene rings is 2. The van der Waals surface area contributed by atoms with Crippen LogP contribution in [0, 0.1) is 0 Å². The van der Waals surface area contributed by atoms with Crippen LogP contribution in [0.4, 0.5) is 5.69 Å². The molecule has 2 N–H and O–H groups in total. The van der Waals surface area contributed by atoms with Gasteiger partial charge in [-0.1, -0.05) is 36.4 Å². The number of nitrogens with one attached hydrogen (secondary N) is 2. The van der Waals surface area contributed by atoms with Crippen LogP contribution in [-0.4, -0.2) is 37.9 Å². The fourth-order valence-corrected chi connectivity index (χ4v) is 4.58. The van der Waals surface area contributed by atoms with Gasteiger partial charge in [-0.25, -0.2) is 8.42 Å². The van der Waals surface area contributed by atoms with E-state index in [1.807, 2.05) is 36.4 Å². The first-order chi connectivity index (χ1) is 11.0. The molecule has 1 heterocycles. The molecular weight excluding hydrogens is 312 g/mol. The predicted octanol–water partition coefficient (Wildman–Crippen LogP) is 1.69. The Morgan fingerprint density at radius 2 is 1.43 bits per heavy atom. The molecule has 0 spiro atoms. The normalized spacial score (nSPS) is 22.4. The molecule has 0 saturated carbocycles. The molecule has 1 amide bonds. The molecule has 2 aromatic carbocycles. The highest BCUT2D eigenvalue weighted by molar-refractivity contribution is 7.91. The Kier molecular flexibility index (Phi) is 4.34. The maximum atomic E-state index is 12.3. The average molecular weight is 330 g/mol. The third kappa shape index (κ3) is 3.90. The minimum Gasteiger partial charge on any atom is -0.379 e. The largest absolute Gasteiger partial charge is 0.379 e. The van der Waals surface area contributed by atoms with Gasteiger partial charge in [0.25, 0.3) is 5.91 Å². The van der Waals surface area contributed by atoms with Gasteiger partial charge >= 0.3 is 0 Å². The lowest BCUT2D eigenvalue weighted by molar-refractivity contribution is 0.0939. The van der Waals surface area contributed by atoms with Gasteiger partial charge in [-0.3, -0.25) is 4.79 Å². The molecule has 120 valence electrons. The van der Waals surface area contributed by atoms with Crippen molar-refractivity contribution in [3.8, 4) is 0 Å². The van der Waals surface area contributed by atoms with Gasteiger partial charge in [0.1, 0.15) is 0 Å². The van der Waals surface area contributed by atoms with Crippen LogP contribution in [0.1, 0.15) is 10.4 Å². The number of para-hydroxylation sites is 1. The van der Waals surface area contributed by atoms with Gasteiger partial charge in [0, 0.05) is 11.3 Å². The highest BCUT2D eigenvalue weighted by atomic mass is 32.2. The first-order valence-electron chi connectivity index (χ1n) is 7.41. The maximum absolute atomic E-state index is 12.3. The van der Waals surface area contributed by atoms with E-state index in [1.54, 1.807) is 24.3 Å². The molecule has 0 bridgehead atoms. The van der Waals surface area contributed by atoms with Gasteiger partial charge in [0.05, 0.1) is 23.6 Å². The van der Waals surface area contributed by atoms with Crippen LogP contribution in [0.5, 0.6) is 0 Å². The van der Waals surface area contributed by atoms with Crippen LogP contribution in [0.3, 0.4) is 0 Å². The summed E-state index contributed by atoms with van der Waals surface area (Å²) in [7, 11) is -3.17. The number of amides is 1. The van der Waals surface area contributed by atoms with Crippen LogP contribution >= 0.6 is 0 Å². The molecule has 2 unspecified atom stereocenters. The monoisotopic (exact) mass is 330 g/mol. The van der Waals surface area contributed by atoms with Crippen LogP contribution in [-0.2, 0) is 9.84 Å². The van der Waals surface area contributed by atoms with E-state index in [1.165, 1.54) is 0 Å². The third-order valence-electron chi connectivity index (χ3n) is 3.83. The number of sulfone groups is 1. The Morgan fingerprint density at radius 3 is 2.09 bits per heavy atom. The summed E-state index contributed by atoms with van der Waals surface area (Å²) in [6.45, 7) is 0. The minimum absolute atomic E-state index is 0.0155. The van der Waals surface area contributed by atoms with Crippen LogP contribution in [0.15, 0.2) is 60.7 Å². The van der Waals surface area contributed by atoms with E-state index in [-0.39, 0.29) is 23.5 Å². The van der Waals surface area contributed by atoms with Crippen molar-refractivity contribution in [1.82, 2.24) is 5.32 Å². The van der Waals surface area contributed by atoms with Crippen LogP contribution < -0.4 is 10.6 Å². The van der Waals surface area contributed by atoms with Crippen molar-refractivity contribution >= 4 is 21.4 Å². The Labute approximate surface area is 135 Å². The quantitative estimate of drug-likeness (QED) is 0.895. The summed E-state index contributed by atoms with van der Waals surface area (Å²) in [6, 6.07) is 17.4. The molecule has 0 aliphatic carbocycles. The molecule has 1 aliphatic heterocycles. The molecule has 2 atom stereocenters. The molecule has 23 heavy (non-hydrogen) atoms. The van der Waals surface area contributed by atoms with E-state index < -0.39 is 15.9 Å². The zero-order chi connectivity index (χ0) is 16.3. The topological polar surface area (TPSA) is 75.3 Å². The highest BCUT2D eigenvalue weighted by Gasteiger charge is 2.38. The number of carbonyl (C=O) groups is 1. The summed E-state index contributed by atoms with van der Waals surface area (Å²) >= 11 is 0. The summed E-state index contributed by atoms with van der Waals surface area (Å²) in [4.78, 5) is 12.3. The minimum atomic E-state index is -3.17. The SMILES string of the molecule is O=C(NC1CS(=O)(=O)CC1Nc1ccccc1)c1ccccc1. The summed E-state index contributed by atoms with van der Waals surface area (Å²) in [5, 5.41) is 6.05. The van der Waals surface area contributed by atoms with Gasteiger partial charge in [-0.2, -0.15) is 0 Å². The number of hydrogen-bond acceptors (Lipinski definition) is 4. The summed E-state index contributed by atoms with van der Waals surface area (Å²) in [5.74, 6) is -0.287. The molecule has 2 aromatic rings. The van der Waals surface area contributed by atoms with E-state index in [2.05, 4.69) is 10.6 Å². The van der Waals surface area contributed by atoms with Crippen molar-refractivity contribution in [1.29, 1.82) is 0 Å². The summed E-state index contributed by atoms with van der Waals surface area (Å²) in [6.07, 6.45) is 0. The Morgan fingerprint density at radius 1 is 0.870 bits per heavy atom. The molecule has 5 nitrogen and oxygen atoms in total. The second-order valence-electron chi connectivity index (χ2n) is 5.64. The lowest BCUT2D eigenvalue weighted by Gasteiger charge is -2.21. The zero-order valence-corrected chi connectivity index (χ0v) is 13.3. The number of carbonyl (C=O) groups excluding carboxylic acids is 1. The molecule has 0 radical (unpaired) electrons. The van der Waals surface area contributed by atoms with E-state index >= 15 is 0 Å². The van der Waals surface area contributed by atoms with E-state index in [4.69, 9.17) is 0 Å². The van der Waals surface area contributed by atoms with Crippen molar-refractivity contribution in [2.24, 2.45) is 0 Å². The van der Waals surface area contributed by atoms with Crippen LogP contribution in [0.25, 0.3) is 0 Å². The molecular formula is C17H18N2O3S. The molecule has 3 rings (SSSR count). The molecule has 1 aliphatic rings. The van der Waals surface area contributed by atoms with Gasteiger partial charge in [0.2, 0.25) is 0 Å². The fraction of sp³-hybridized carbons (Fsp3) is 0.235. The van der Waals surface area contributed by atoms with Crippen molar-refractivity contribution in [2.45, 2.75) is 12.1 Å². The maximum Gasteiger partial charge on any atom is 0.251 e. The first kappa shape index (κ1) is 15.6. The number of hydrogen-bond donors (Lipinski definition) is 2. The lowest BCUT2D eigenvalue weighted by atomic mass is 10.1. The highest BCUT2D eigenvalue weighted by Crippen LogP contribution is 2.18. The average Bonchev–Trinajstić information content (AvgIpc) is 2.82. The molecule has 1 saturated heterocycles. The zero-order valence-electron chi connectivity index (χ0n) is 12.5. The lowest BCUT2D eigenvalue weighted by Crippen LogP contribution is -2.46. The summed E-state index contributed by atoms with van der Waals surface area (Å²) < 4.78 is 23.9. The Bertz CT molecular complexity index is 776. The van der Waals surface area contributed by atoms with Gasteiger partial charge in [0.15, 0.2) is 9.84 Å². The predicted molar refractivity (Wildman–Crippen MR) is 90.2 cm³/mol. The fourth-order valence-electron chi connectivity index (χ4n) is 2.72. The number of rotatable bonds is 4. The third-order valence-corrected chi connectivity index (χ3v) is 5.56. The van der Waals surface area contributed by atoms with E-state index in [9.17, 15) is 13.2 Å². The van der Waals surface area contributed by atoms with Gasteiger partial charge in [-0.15, -0.1) is 0 Å². The van der Waals surface area contributed by atoms with Crippen molar-refractivity contribution in [3.63, 3.8) is 0 Å². The Balaban J connectivity index is 1.74. The van der Waals surface area contributed by atoms with Crippen LogP contribution in [0.2, 0.25) is 0 Å². The first-order valence-corrected chi connectivity index (χ1v) is 9.23. The van der Waals surface area contributed by atoms with Crippen molar-refractivity contribution < 1.29 is 13.2 Å². The van der Waals surface area contributed by atoms with E-state index in [0.29, 0.717) is 5.56 Å². The number of anilines is 1. The molecule has 6 heteroatoms. The second-order valence-corrected chi connectivity index (χ2v) is 7.79. The molecule has 0 aromatic heterocycles. The summed E-state index contributed by atoms with van der Waals surface area (Å²) in [5.41, 5.74) is 1.36.